The van der Waals surface area contributed by atoms with Gasteiger partial charge in [-0.15, -0.1) is 0 Å². The summed E-state index contributed by atoms with van der Waals surface area (Å²) in [5, 5.41) is 6.80. The predicted molar refractivity (Wildman–Crippen MR) is 81.3 cm³/mol. The van der Waals surface area contributed by atoms with Crippen molar-refractivity contribution in [2.75, 3.05) is 12.4 Å². The van der Waals surface area contributed by atoms with Crippen LogP contribution in [0.1, 0.15) is 41.3 Å². The number of fused-ring (bicyclic) bond motifs is 1. The van der Waals surface area contributed by atoms with E-state index in [1.54, 1.807) is 24.3 Å². The average Bonchev–Trinajstić information content (AvgIpc) is 2.96. The summed E-state index contributed by atoms with van der Waals surface area (Å²) in [6.07, 6.45) is -3.54. The molecule has 8 heteroatoms. The second-order valence-corrected chi connectivity index (χ2v) is 5.64. The Bertz CT molecular complexity index is 770. The third kappa shape index (κ3) is 2.72. The molecule has 1 aliphatic rings. The van der Waals surface area contributed by atoms with Crippen LogP contribution in [0.15, 0.2) is 30.5 Å². The van der Waals surface area contributed by atoms with Gasteiger partial charge >= 0.3 is 6.18 Å². The lowest BCUT2D eigenvalue weighted by atomic mass is 9.95. The molecule has 1 aromatic carbocycles. The number of nitrogens with one attached hydrogen (secondary N) is 1. The van der Waals surface area contributed by atoms with Crippen LogP contribution in [0.25, 0.3) is 0 Å². The molecule has 0 spiro atoms. The minimum Gasteiger partial charge on any atom is -0.496 e. The van der Waals surface area contributed by atoms with Gasteiger partial charge in [-0.2, -0.15) is 18.3 Å². The molecule has 0 fully saturated rings. The number of benzene rings is 1. The molecule has 0 aliphatic carbocycles. The number of ether oxygens (including phenoxy) is 1. The Balaban J connectivity index is 2.09. The fourth-order valence-corrected chi connectivity index (χ4v) is 2.98. The molecule has 2 aromatic rings. The first-order valence-electron chi connectivity index (χ1n) is 7.37. The monoisotopic (exact) mass is 339 g/mol. The first kappa shape index (κ1) is 16.4. The number of hydrogen-bond donors (Lipinski definition) is 1. The molecule has 2 heterocycles. The molecule has 0 saturated carbocycles. The van der Waals surface area contributed by atoms with E-state index in [0.29, 0.717) is 11.3 Å². The summed E-state index contributed by atoms with van der Waals surface area (Å²) in [7, 11) is 1.47. The Hall–Kier alpha value is -2.51. The molecule has 2 unspecified atom stereocenters. The number of methoxy groups -OCH3 is 1. The van der Waals surface area contributed by atoms with Gasteiger partial charge < -0.3 is 10.1 Å². The minimum atomic E-state index is -4.48. The number of halogens is 3. The van der Waals surface area contributed by atoms with E-state index in [0.717, 1.165) is 4.68 Å². The maximum absolute atomic E-state index is 13.5. The van der Waals surface area contributed by atoms with E-state index in [2.05, 4.69) is 10.4 Å². The predicted octanol–water partition coefficient (Wildman–Crippen LogP) is 3.75. The van der Waals surface area contributed by atoms with Gasteiger partial charge in [0.2, 0.25) is 0 Å². The molecular weight excluding hydrogens is 323 g/mol. The molecule has 2 atom stereocenters. The van der Waals surface area contributed by atoms with Crippen molar-refractivity contribution in [1.29, 1.82) is 0 Å². The zero-order chi connectivity index (χ0) is 17.5. The molecule has 0 radical (unpaired) electrons. The van der Waals surface area contributed by atoms with E-state index in [1.165, 1.54) is 20.2 Å². The van der Waals surface area contributed by atoms with Gasteiger partial charge in [0.15, 0.2) is 11.8 Å². The number of aromatic nitrogens is 2. The van der Waals surface area contributed by atoms with Crippen molar-refractivity contribution in [3.8, 4) is 5.75 Å². The van der Waals surface area contributed by atoms with E-state index in [4.69, 9.17) is 4.74 Å². The third-order valence-electron chi connectivity index (χ3n) is 4.13. The van der Waals surface area contributed by atoms with E-state index in [-0.39, 0.29) is 23.6 Å². The third-order valence-corrected chi connectivity index (χ3v) is 4.13. The second-order valence-electron chi connectivity index (χ2n) is 5.64. The highest BCUT2D eigenvalue weighted by Gasteiger charge is 2.47. The van der Waals surface area contributed by atoms with Crippen molar-refractivity contribution >= 4 is 11.6 Å². The number of para-hydroxylation sites is 1. The van der Waals surface area contributed by atoms with Crippen LogP contribution in [-0.4, -0.2) is 28.8 Å². The van der Waals surface area contributed by atoms with Crippen LogP contribution in [0.5, 0.6) is 5.75 Å². The van der Waals surface area contributed by atoms with Gasteiger partial charge in [0, 0.05) is 12.0 Å². The van der Waals surface area contributed by atoms with Crippen LogP contribution in [0, 0.1) is 0 Å². The maximum Gasteiger partial charge on any atom is 0.410 e. The quantitative estimate of drug-likeness (QED) is 0.865. The summed E-state index contributed by atoms with van der Waals surface area (Å²) < 4.78 is 46.6. The van der Waals surface area contributed by atoms with Gasteiger partial charge in [0.25, 0.3) is 0 Å². The van der Waals surface area contributed by atoms with E-state index < -0.39 is 18.3 Å². The van der Waals surface area contributed by atoms with Gasteiger partial charge in [0.05, 0.1) is 24.9 Å². The number of Topliss-reactive ketones (excluding diaryl/α,β-unsaturated/α-hetero) is 1. The number of nitrogens with zero attached hydrogens (tertiary/aromatic N) is 2. The normalized spacial score (nSPS) is 20.2. The van der Waals surface area contributed by atoms with Crippen LogP contribution >= 0.6 is 0 Å². The second kappa shape index (κ2) is 5.85. The number of rotatable bonds is 3. The van der Waals surface area contributed by atoms with Gasteiger partial charge in [-0.3, -0.25) is 4.79 Å². The van der Waals surface area contributed by atoms with Crippen LogP contribution in [0.2, 0.25) is 0 Å². The number of hydrogen-bond acceptors (Lipinski definition) is 4. The largest absolute Gasteiger partial charge is 0.496 e. The molecule has 24 heavy (non-hydrogen) atoms. The summed E-state index contributed by atoms with van der Waals surface area (Å²) >= 11 is 0. The first-order chi connectivity index (χ1) is 11.3. The standard InChI is InChI=1S/C16H16F3N3O2/c1-9(23)11-8-20-22-14(16(17,18)19)7-12(21-15(11)22)10-5-3-4-6-13(10)24-2/h3-6,8,12,14,21H,7H2,1-2H3. The summed E-state index contributed by atoms with van der Waals surface area (Å²) in [5.41, 5.74) is 0.750. The van der Waals surface area contributed by atoms with Crippen molar-refractivity contribution < 1.29 is 22.7 Å². The van der Waals surface area contributed by atoms with Crippen LogP contribution in [0.3, 0.4) is 0 Å². The van der Waals surface area contributed by atoms with E-state index in [1.807, 2.05) is 0 Å². The van der Waals surface area contributed by atoms with Gasteiger partial charge in [-0.05, 0) is 13.0 Å². The van der Waals surface area contributed by atoms with E-state index in [9.17, 15) is 18.0 Å². The number of carbonyl (C=O) groups is 1. The highest BCUT2D eigenvalue weighted by molar-refractivity contribution is 5.98. The van der Waals surface area contributed by atoms with Crippen LogP contribution in [0.4, 0.5) is 19.0 Å². The number of ketones is 1. The van der Waals surface area contributed by atoms with Gasteiger partial charge in [-0.1, -0.05) is 18.2 Å². The van der Waals surface area contributed by atoms with Crippen LogP contribution < -0.4 is 10.1 Å². The number of alkyl halides is 3. The Morgan fingerprint density at radius 2 is 2.08 bits per heavy atom. The molecule has 1 aromatic heterocycles. The minimum absolute atomic E-state index is 0.0898. The van der Waals surface area contributed by atoms with Crippen molar-refractivity contribution in [1.82, 2.24) is 9.78 Å². The molecule has 3 rings (SSSR count). The Morgan fingerprint density at radius 3 is 2.71 bits per heavy atom. The van der Waals surface area contributed by atoms with Crippen molar-refractivity contribution in [2.45, 2.75) is 31.6 Å². The topological polar surface area (TPSA) is 56.2 Å². The molecule has 0 saturated heterocycles. The number of anilines is 1. The average molecular weight is 339 g/mol. The molecule has 5 nitrogen and oxygen atoms in total. The molecule has 1 N–H and O–H groups in total. The maximum atomic E-state index is 13.5. The Morgan fingerprint density at radius 1 is 1.38 bits per heavy atom. The summed E-state index contributed by atoms with van der Waals surface area (Å²) in [6.45, 7) is 1.30. The lowest BCUT2D eigenvalue weighted by Crippen LogP contribution is -2.36. The van der Waals surface area contributed by atoms with Crippen molar-refractivity contribution in [3.63, 3.8) is 0 Å². The fraction of sp³-hybridized carbons (Fsp3) is 0.375. The van der Waals surface area contributed by atoms with Crippen molar-refractivity contribution in [3.05, 3.63) is 41.6 Å². The Kier molecular flexibility index (Phi) is 3.98. The molecular formula is C16H16F3N3O2. The van der Waals surface area contributed by atoms with Gasteiger partial charge in [0.1, 0.15) is 11.6 Å². The first-order valence-corrected chi connectivity index (χ1v) is 7.37. The van der Waals surface area contributed by atoms with E-state index >= 15 is 0 Å². The summed E-state index contributed by atoms with van der Waals surface area (Å²) in [6, 6.07) is 4.44. The molecule has 0 bridgehead atoms. The Labute approximate surface area is 136 Å². The summed E-state index contributed by atoms with van der Waals surface area (Å²) in [5.74, 6) is 0.241. The fourth-order valence-electron chi connectivity index (χ4n) is 2.98. The lowest BCUT2D eigenvalue weighted by molar-refractivity contribution is -0.173. The highest BCUT2D eigenvalue weighted by atomic mass is 19.4. The SMILES string of the molecule is COc1ccccc1C1CC(C(F)(F)F)n2ncc(C(C)=O)c2N1. The molecule has 128 valence electrons. The van der Waals surface area contributed by atoms with Gasteiger partial charge in [-0.25, -0.2) is 4.68 Å². The molecule has 0 amide bonds. The number of carbonyl (C=O) groups excluding carboxylic acids is 1. The lowest BCUT2D eigenvalue weighted by Gasteiger charge is -2.34. The highest BCUT2D eigenvalue weighted by Crippen LogP contribution is 2.45. The zero-order valence-corrected chi connectivity index (χ0v) is 13.1. The smallest absolute Gasteiger partial charge is 0.410 e. The zero-order valence-electron chi connectivity index (χ0n) is 13.1. The van der Waals surface area contributed by atoms with Crippen molar-refractivity contribution in [2.24, 2.45) is 0 Å². The molecule has 1 aliphatic heterocycles. The van der Waals surface area contributed by atoms with Crippen LogP contribution in [-0.2, 0) is 0 Å². The summed E-state index contributed by atoms with van der Waals surface area (Å²) in [4.78, 5) is 11.7.